The molecule has 0 saturated heterocycles. The Morgan fingerprint density at radius 1 is 1.18 bits per heavy atom. The van der Waals surface area contributed by atoms with Gasteiger partial charge in [-0.3, -0.25) is 0 Å². The number of thioether (sulfide) groups is 1. The van der Waals surface area contributed by atoms with Crippen molar-refractivity contribution < 1.29 is 9.50 Å². The summed E-state index contributed by atoms with van der Waals surface area (Å²) in [4.78, 5) is 0.959. The zero-order valence-corrected chi connectivity index (χ0v) is 11.3. The fourth-order valence-corrected chi connectivity index (χ4v) is 2.93. The molecule has 0 spiro atoms. The van der Waals surface area contributed by atoms with E-state index in [-0.39, 0.29) is 11.6 Å². The van der Waals surface area contributed by atoms with Gasteiger partial charge in [0.15, 0.2) is 0 Å². The Balaban J connectivity index is 2.10. The molecule has 2 aromatic rings. The Labute approximate surface area is 112 Å². The molecule has 2 aromatic carbocycles. The molecule has 0 radical (unpaired) electrons. The van der Waals surface area contributed by atoms with Gasteiger partial charge in [0, 0.05) is 10.6 Å². The summed E-state index contributed by atoms with van der Waals surface area (Å²) >= 11 is 4.78. The van der Waals surface area contributed by atoms with E-state index in [0.29, 0.717) is 10.2 Å². The fraction of sp³-hybridized carbons (Fsp3) is 0.0769. The standard InChI is InChI=1S/C13H10BrFOS/c14-13-9(3-1-6-12(13)15)8-17-11-5-2-4-10(16)7-11/h1-7,16H,8H2. The SMILES string of the molecule is Oc1cccc(SCc2cccc(F)c2Br)c1. The average molecular weight is 313 g/mol. The lowest BCUT2D eigenvalue weighted by Crippen LogP contribution is -1.86. The quantitative estimate of drug-likeness (QED) is 0.837. The fourth-order valence-electron chi connectivity index (χ4n) is 1.39. The van der Waals surface area contributed by atoms with Crippen molar-refractivity contribution in [2.24, 2.45) is 0 Å². The second kappa shape index (κ2) is 5.56. The maximum absolute atomic E-state index is 13.3. The molecule has 0 aliphatic heterocycles. The number of aromatic hydroxyl groups is 1. The minimum absolute atomic E-state index is 0.244. The van der Waals surface area contributed by atoms with Crippen molar-refractivity contribution in [2.75, 3.05) is 0 Å². The molecule has 1 nitrogen and oxygen atoms in total. The zero-order valence-electron chi connectivity index (χ0n) is 8.86. The average Bonchev–Trinajstić information content (AvgIpc) is 2.31. The molecule has 0 saturated carbocycles. The lowest BCUT2D eigenvalue weighted by molar-refractivity contribution is 0.474. The van der Waals surface area contributed by atoms with Gasteiger partial charge in [-0.05, 0) is 45.8 Å². The number of hydrogen-bond acceptors (Lipinski definition) is 2. The second-order valence-corrected chi connectivity index (χ2v) is 5.34. The van der Waals surface area contributed by atoms with Crippen LogP contribution in [0, 0.1) is 5.82 Å². The third kappa shape index (κ3) is 3.23. The van der Waals surface area contributed by atoms with E-state index in [4.69, 9.17) is 0 Å². The molecule has 0 atom stereocenters. The van der Waals surface area contributed by atoms with Crippen LogP contribution >= 0.6 is 27.7 Å². The summed E-state index contributed by atoms with van der Waals surface area (Å²) in [5, 5.41) is 9.33. The number of phenols is 1. The highest BCUT2D eigenvalue weighted by atomic mass is 79.9. The van der Waals surface area contributed by atoms with Crippen molar-refractivity contribution >= 4 is 27.7 Å². The van der Waals surface area contributed by atoms with Gasteiger partial charge in [-0.2, -0.15) is 0 Å². The van der Waals surface area contributed by atoms with Gasteiger partial charge in [-0.15, -0.1) is 11.8 Å². The van der Waals surface area contributed by atoms with E-state index >= 15 is 0 Å². The van der Waals surface area contributed by atoms with Crippen molar-refractivity contribution in [3.8, 4) is 5.75 Å². The molecule has 88 valence electrons. The molecule has 0 aliphatic rings. The van der Waals surface area contributed by atoms with E-state index in [1.165, 1.54) is 6.07 Å². The van der Waals surface area contributed by atoms with Gasteiger partial charge in [0.05, 0.1) is 4.47 Å². The monoisotopic (exact) mass is 312 g/mol. The predicted molar refractivity (Wildman–Crippen MR) is 71.8 cm³/mol. The van der Waals surface area contributed by atoms with E-state index < -0.39 is 0 Å². The Kier molecular flexibility index (Phi) is 4.07. The summed E-state index contributed by atoms with van der Waals surface area (Å²) < 4.78 is 13.8. The molecule has 0 aromatic heterocycles. The molecule has 0 aliphatic carbocycles. The van der Waals surface area contributed by atoms with Crippen molar-refractivity contribution in [2.45, 2.75) is 10.6 Å². The normalized spacial score (nSPS) is 10.5. The first-order chi connectivity index (χ1) is 8.16. The highest BCUT2D eigenvalue weighted by Crippen LogP contribution is 2.29. The first kappa shape index (κ1) is 12.5. The number of phenolic OH excluding ortho intramolecular Hbond substituents is 1. The number of rotatable bonds is 3. The summed E-state index contributed by atoms with van der Waals surface area (Å²) in [6.45, 7) is 0. The van der Waals surface area contributed by atoms with Gasteiger partial charge in [0.2, 0.25) is 0 Å². The molecule has 0 fully saturated rings. The maximum atomic E-state index is 13.3. The van der Waals surface area contributed by atoms with Gasteiger partial charge >= 0.3 is 0 Å². The molecule has 1 N–H and O–H groups in total. The van der Waals surface area contributed by atoms with Crippen LogP contribution in [0.3, 0.4) is 0 Å². The van der Waals surface area contributed by atoms with Crippen LogP contribution in [0.5, 0.6) is 5.75 Å². The second-order valence-electron chi connectivity index (χ2n) is 3.50. The van der Waals surface area contributed by atoms with Crippen molar-refractivity contribution in [1.82, 2.24) is 0 Å². The van der Waals surface area contributed by atoms with Crippen LogP contribution in [0.2, 0.25) is 0 Å². The van der Waals surface area contributed by atoms with Crippen LogP contribution in [0.15, 0.2) is 51.8 Å². The number of halogens is 2. The lowest BCUT2D eigenvalue weighted by Gasteiger charge is -2.05. The van der Waals surface area contributed by atoms with Crippen molar-refractivity contribution in [1.29, 1.82) is 0 Å². The Bertz CT molecular complexity index is 531. The maximum Gasteiger partial charge on any atom is 0.137 e. The molecule has 17 heavy (non-hydrogen) atoms. The summed E-state index contributed by atoms with van der Waals surface area (Å²) in [5.74, 6) is 0.647. The minimum atomic E-state index is -0.251. The summed E-state index contributed by atoms with van der Waals surface area (Å²) in [7, 11) is 0. The largest absolute Gasteiger partial charge is 0.508 e. The third-order valence-electron chi connectivity index (χ3n) is 2.24. The molecular weight excluding hydrogens is 303 g/mol. The third-order valence-corrected chi connectivity index (χ3v) is 4.17. The van der Waals surface area contributed by atoms with E-state index in [2.05, 4.69) is 15.9 Å². The molecule has 4 heteroatoms. The topological polar surface area (TPSA) is 20.2 Å². The number of benzene rings is 2. The summed E-state index contributed by atoms with van der Waals surface area (Å²) in [6, 6.07) is 12.0. The molecule has 2 rings (SSSR count). The minimum Gasteiger partial charge on any atom is -0.508 e. The van der Waals surface area contributed by atoms with Crippen LogP contribution in [-0.2, 0) is 5.75 Å². The highest BCUT2D eigenvalue weighted by molar-refractivity contribution is 9.10. The molecule has 0 unspecified atom stereocenters. The molecule has 0 amide bonds. The molecule has 0 heterocycles. The Hall–Kier alpha value is -1.00. The van der Waals surface area contributed by atoms with Gasteiger partial charge in [-0.1, -0.05) is 18.2 Å². The first-order valence-electron chi connectivity index (χ1n) is 5.01. The van der Waals surface area contributed by atoms with Gasteiger partial charge in [-0.25, -0.2) is 4.39 Å². The summed E-state index contributed by atoms with van der Waals surface area (Å²) in [6.07, 6.45) is 0. The Morgan fingerprint density at radius 3 is 2.71 bits per heavy atom. The van der Waals surface area contributed by atoms with E-state index in [0.717, 1.165) is 10.5 Å². The van der Waals surface area contributed by atoms with Crippen molar-refractivity contribution in [3.05, 3.63) is 58.3 Å². The van der Waals surface area contributed by atoms with Crippen LogP contribution in [0.25, 0.3) is 0 Å². The van der Waals surface area contributed by atoms with E-state index in [9.17, 15) is 9.50 Å². The van der Waals surface area contributed by atoms with Crippen LogP contribution in [-0.4, -0.2) is 5.11 Å². The highest BCUT2D eigenvalue weighted by Gasteiger charge is 2.05. The zero-order chi connectivity index (χ0) is 12.3. The number of hydrogen-bond donors (Lipinski definition) is 1. The van der Waals surface area contributed by atoms with E-state index in [1.54, 1.807) is 36.0 Å². The summed E-state index contributed by atoms with van der Waals surface area (Å²) in [5.41, 5.74) is 0.901. The first-order valence-corrected chi connectivity index (χ1v) is 6.79. The smallest absolute Gasteiger partial charge is 0.137 e. The van der Waals surface area contributed by atoms with Crippen LogP contribution < -0.4 is 0 Å². The van der Waals surface area contributed by atoms with Gasteiger partial charge in [0.1, 0.15) is 11.6 Å². The van der Waals surface area contributed by atoms with Gasteiger partial charge < -0.3 is 5.11 Å². The Morgan fingerprint density at radius 2 is 1.94 bits per heavy atom. The lowest BCUT2D eigenvalue weighted by atomic mass is 10.2. The molecule has 0 bridgehead atoms. The van der Waals surface area contributed by atoms with Crippen molar-refractivity contribution in [3.63, 3.8) is 0 Å². The van der Waals surface area contributed by atoms with E-state index in [1.807, 2.05) is 12.1 Å². The predicted octanol–water partition coefficient (Wildman–Crippen LogP) is 4.59. The van der Waals surface area contributed by atoms with Crippen LogP contribution in [0.4, 0.5) is 4.39 Å². The van der Waals surface area contributed by atoms with Gasteiger partial charge in [0.25, 0.3) is 0 Å². The van der Waals surface area contributed by atoms with Crippen LogP contribution in [0.1, 0.15) is 5.56 Å². The molecular formula is C13H10BrFOS.